The lowest BCUT2D eigenvalue weighted by Gasteiger charge is -2.25. The van der Waals surface area contributed by atoms with E-state index in [4.69, 9.17) is 5.11 Å². The van der Waals surface area contributed by atoms with Crippen LogP contribution in [0.5, 0.6) is 0 Å². The first-order valence-electron chi connectivity index (χ1n) is 6.17. The maximum absolute atomic E-state index is 12.1. The number of likely N-dealkylation sites (N-methyl/N-ethyl adjacent to an activating group) is 1. The average Bonchev–Trinajstić information content (AvgIpc) is 2.85. The Balaban J connectivity index is 2.04. The molecule has 2 heterocycles. The van der Waals surface area contributed by atoms with Crippen molar-refractivity contribution in [3.05, 3.63) is 0 Å². The van der Waals surface area contributed by atoms with Gasteiger partial charge in [-0.2, -0.15) is 0 Å². The SMILES string of the molecule is CC(=O)N(C)CC(=O)N1C2CCC1C(C(=O)O)C2. The van der Waals surface area contributed by atoms with Gasteiger partial charge in [0.2, 0.25) is 11.8 Å². The molecule has 2 saturated heterocycles. The molecule has 2 aliphatic rings. The minimum absolute atomic E-state index is 0.0364. The van der Waals surface area contributed by atoms with Gasteiger partial charge in [-0.3, -0.25) is 14.4 Å². The van der Waals surface area contributed by atoms with Crippen LogP contribution in [-0.2, 0) is 14.4 Å². The molecule has 6 nitrogen and oxygen atoms in total. The number of fused-ring (bicyclic) bond motifs is 2. The molecule has 0 aromatic heterocycles. The maximum Gasteiger partial charge on any atom is 0.308 e. The zero-order valence-electron chi connectivity index (χ0n) is 10.6. The Morgan fingerprint density at radius 3 is 2.50 bits per heavy atom. The van der Waals surface area contributed by atoms with Crippen LogP contribution < -0.4 is 0 Å². The minimum atomic E-state index is -0.820. The van der Waals surface area contributed by atoms with Crippen molar-refractivity contribution in [1.82, 2.24) is 9.80 Å². The molecule has 2 bridgehead atoms. The van der Waals surface area contributed by atoms with Crippen molar-refractivity contribution in [1.29, 1.82) is 0 Å². The van der Waals surface area contributed by atoms with Gasteiger partial charge in [0.25, 0.3) is 0 Å². The van der Waals surface area contributed by atoms with Crippen molar-refractivity contribution in [2.75, 3.05) is 13.6 Å². The summed E-state index contributed by atoms with van der Waals surface area (Å²) < 4.78 is 0. The van der Waals surface area contributed by atoms with Gasteiger partial charge in [-0.15, -0.1) is 0 Å². The first kappa shape index (κ1) is 12.9. The Morgan fingerprint density at radius 2 is 2.00 bits per heavy atom. The molecular weight excluding hydrogens is 236 g/mol. The van der Waals surface area contributed by atoms with Gasteiger partial charge in [-0.1, -0.05) is 0 Å². The topological polar surface area (TPSA) is 77.9 Å². The summed E-state index contributed by atoms with van der Waals surface area (Å²) in [6.45, 7) is 1.45. The number of carboxylic acids is 1. The second-order valence-electron chi connectivity index (χ2n) is 5.16. The number of hydrogen-bond acceptors (Lipinski definition) is 3. The molecule has 3 unspecified atom stereocenters. The standard InChI is InChI=1S/C12H18N2O4/c1-7(15)13(2)6-11(16)14-8-3-4-10(14)9(5-8)12(17)18/h8-10H,3-6H2,1-2H3,(H,17,18). The third-order valence-electron chi connectivity index (χ3n) is 4.05. The van der Waals surface area contributed by atoms with E-state index >= 15 is 0 Å². The van der Waals surface area contributed by atoms with Gasteiger partial charge in [0.1, 0.15) is 0 Å². The van der Waals surface area contributed by atoms with Crippen LogP contribution in [0.15, 0.2) is 0 Å². The molecule has 3 atom stereocenters. The van der Waals surface area contributed by atoms with Gasteiger partial charge >= 0.3 is 5.97 Å². The first-order valence-corrected chi connectivity index (χ1v) is 6.17. The summed E-state index contributed by atoms with van der Waals surface area (Å²) in [6.07, 6.45) is 2.19. The molecule has 2 fully saturated rings. The van der Waals surface area contributed by atoms with E-state index in [-0.39, 0.29) is 30.4 Å². The Morgan fingerprint density at radius 1 is 1.33 bits per heavy atom. The fourth-order valence-corrected chi connectivity index (χ4v) is 3.04. The number of aliphatic carboxylic acids is 1. The number of hydrogen-bond donors (Lipinski definition) is 1. The minimum Gasteiger partial charge on any atom is -0.481 e. The van der Waals surface area contributed by atoms with Crippen molar-refractivity contribution in [2.24, 2.45) is 5.92 Å². The summed E-state index contributed by atoms with van der Waals surface area (Å²) in [5.41, 5.74) is 0. The predicted octanol–water partition coefficient (Wildman–Crippen LogP) is -0.0712. The summed E-state index contributed by atoms with van der Waals surface area (Å²) in [5.74, 6) is -1.55. The highest BCUT2D eigenvalue weighted by Gasteiger charge is 2.51. The van der Waals surface area contributed by atoms with Crippen LogP contribution in [0.4, 0.5) is 0 Å². The zero-order chi connectivity index (χ0) is 13.4. The summed E-state index contributed by atoms with van der Waals surface area (Å²) in [5, 5.41) is 9.10. The van der Waals surface area contributed by atoms with Crippen LogP contribution >= 0.6 is 0 Å². The largest absolute Gasteiger partial charge is 0.481 e. The van der Waals surface area contributed by atoms with E-state index in [2.05, 4.69) is 0 Å². The van der Waals surface area contributed by atoms with Crippen LogP contribution in [-0.4, -0.2) is 58.4 Å². The van der Waals surface area contributed by atoms with E-state index in [1.807, 2.05) is 0 Å². The molecule has 0 spiro atoms. The molecule has 0 aromatic carbocycles. The Kier molecular flexibility index (Phi) is 3.28. The van der Waals surface area contributed by atoms with Gasteiger partial charge < -0.3 is 14.9 Å². The van der Waals surface area contributed by atoms with Gasteiger partial charge in [0.05, 0.1) is 12.5 Å². The predicted molar refractivity (Wildman–Crippen MR) is 62.7 cm³/mol. The van der Waals surface area contributed by atoms with E-state index in [1.54, 1.807) is 11.9 Å². The number of nitrogens with zero attached hydrogens (tertiary/aromatic N) is 2. The second-order valence-corrected chi connectivity index (χ2v) is 5.16. The highest BCUT2D eigenvalue weighted by Crippen LogP contribution is 2.41. The molecule has 0 aliphatic carbocycles. The molecule has 2 aliphatic heterocycles. The molecule has 2 amide bonds. The molecule has 100 valence electrons. The normalized spacial score (nSPS) is 29.4. The van der Waals surface area contributed by atoms with Crippen molar-refractivity contribution in [3.8, 4) is 0 Å². The van der Waals surface area contributed by atoms with Crippen LogP contribution in [0.1, 0.15) is 26.2 Å². The van der Waals surface area contributed by atoms with Crippen molar-refractivity contribution < 1.29 is 19.5 Å². The van der Waals surface area contributed by atoms with E-state index in [0.29, 0.717) is 6.42 Å². The molecule has 0 aromatic rings. The molecule has 6 heteroatoms. The third-order valence-corrected chi connectivity index (χ3v) is 4.05. The van der Waals surface area contributed by atoms with E-state index in [0.717, 1.165) is 12.8 Å². The van der Waals surface area contributed by atoms with Gasteiger partial charge in [0.15, 0.2) is 0 Å². The van der Waals surface area contributed by atoms with Crippen molar-refractivity contribution >= 4 is 17.8 Å². The average molecular weight is 254 g/mol. The lowest BCUT2D eigenvalue weighted by Crippen LogP contribution is -2.44. The first-order chi connectivity index (χ1) is 8.41. The smallest absolute Gasteiger partial charge is 0.308 e. The highest BCUT2D eigenvalue weighted by molar-refractivity contribution is 5.85. The van der Waals surface area contributed by atoms with Crippen LogP contribution in [0.25, 0.3) is 0 Å². The summed E-state index contributed by atoms with van der Waals surface area (Å²) in [6, 6.07) is -0.135. The third kappa shape index (κ3) is 2.07. The lowest BCUT2D eigenvalue weighted by atomic mass is 9.89. The second kappa shape index (κ2) is 4.59. The number of carboxylic acid groups (broad SMARTS) is 1. The highest BCUT2D eigenvalue weighted by atomic mass is 16.4. The number of rotatable bonds is 3. The summed E-state index contributed by atoms with van der Waals surface area (Å²) in [7, 11) is 1.58. The quantitative estimate of drug-likeness (QED) is 0.764. The molecule has 0 saturated carbocycles. The molecular formula is C12H18N2O4. The number of amides is 2. The lowest BCUT2D eigenvalue weighted by molar-refractivity contribution is -0.144. The van der Waals surface area contributed by atoms with E-state index in [9.17, 15) is 14.4 Å². The van der Waals surface area contributed by atoms with Crippen LogP contribution in [0.3, 0.4) is 0 Å². The summed E-state index contributed by atoms with van der Waals surface area (Å²) >= 11 is 0. The van der Waals surface area contributed by atoms with Crippen molar-refractivity contribution in [2.45, 2.75) is 38.3 Å². The molecule has 0 radical (unpaired) electrons. The van der Waals surface area contributed by atoms with E-state index in [1.165, 1.54) is 11.8 Å². The Labute approximate surface area is 106 Å². The number of carbonyl (C=O) groups is 3. The Bertz CT molecular complexity index is 396. The fourth-order valence-electron chi connectivity index (χ4n) is 3.04. The van der Waals surface area contributed by atoms with E-state index < -0.39 is 11.9 Å². The van der Waals surface area contributed by atoms with Crippen molar-refractivity contribution in [3.63, 3.8) is 0 Å². The maximum atomic E-state index is 12.1. The zero-order valence-corrected chi connectivity index (χ0v) is 10.6. The molecule has 18 heavy (non-hydrogen) atoms. The van der Waals surface area contributed by atoms with Crippen LogP contribution in [0.2, 0.25) is 0 Å². The van der Waals surface area contributed by atoms with Gasteiger partial charge in [-0.25, -0.2) is 0 Å². The fraction of sp³-hybridized carbons (Fsp3) is 0.750. The Hall–Kier alpha value is -1.59. The monoisotopic (exact) mass is 254 g/mol. The van der Waals surface area contributed by atoms with Gasteiger partial charge in [-0.05, 0) is 19.3 Å². The van der Waals surface area contributed by atoms with Crippen LogP contribution in [0, 0.1) is 5.92 Å². The molecule has 1 N–H and O–H groups in total. The van der Waals surface area contributed by atoms with Gasteiger partial charge in [0, 0.05) is 26.1 Å². The summed E-state index contributed by atoms with van der Waals surface area (Å²) in [4.78, 5) is 37.4. The number of carbonyl (C=O) groups excluding carboxylic acids is 2. The molecule has 2 rings (SSSR count).